The van der Waals surface area contributed by atoms with Crippen LogP contribution in [-0.2, 0) is 18.5 Å². The minimum atomic E-state index is -0.0399. The van der Waals surface area contributed by atoms with E-state index < -0.39 is 0 Å². The maximum Gasteiger partial charge on any atom is 0.216 e. The molecule has 0 amide bonds. The van der Waals surface area contributed by atoms with E-state index in [1.54, 1.807) is 17.5 Å². The van der Waals surface area contributed by atoms with Crippen molar-refractivity contribution in [3.8, 4) is 0 Å². The van der Waals surface area contributed by atoms with Gasteiger partial charge in [0.2, 0.25) is 5.89 Å². The summed E-state index contributed by atoms with van der Waals surface area (Å²) in [6.07, 6.45) is 3.67. The fourth-order valence-electron chi connectivity index (χ4n) is 1.88. The molecule has 0 aliphatic rings. The lowest BCUT2D eigenvalue weighted by molar-refractivity contribution is 0.383. The van der Waals surface area contributed by atoms with Gasteiger partial charge in [0.25, 0.3) is 0 Å². The van der Waals surface area contributed by atoms with Crippen LogP contribution >= 0.6 is 35.3 Å². The van der Waals surface area contributed by atoms with Crippen molar-refractivity contribution < 1.29 is 4.42 Å². The van der Waals surface area contributed by atoms with Gasteiger partial charge in [-0.2, -0.15) is 0 Å². The SMILES string of the molecule is CCNC(=NCc1ncc(C(C)(C)C)o1)NCc1cnc(C)s1.I. The molecule has 24 heavy (non-hydrogen) atoms. The van der Waals surface area contributed by atoms with Crippen molar-refractivity contribution >= 4 is 41.3 Å². The number of nitrogens with zero attached hydrogens (tertiary/aromatic N) is 3. The lowest BCUT2D eigenvalue weighted by atomic mass is 9.94. The molecule has 0 aromatic carbocycles. The van der Waals surface area contributed by atoms with Crippen LogP contribution in [0, 0.1) is 6.92 Å². The molecule has 0 atom stereocenters. The second-order valence-corrected chi connectivity index (χ2v) is 7.58. The first-order valence-electron chi connectivity index (χ1n) is 7.77. The predicted octanol–water partition coefficient (Wildman–Crippen LogP) is 3.61. The number of aromatic nitrogens is 2. The first kappa shape index (κ1) is 20.9. The topological polar surface area (TPSA) is 75.3 Å². The minimum Gasteiger partial charge on any atom is -0.443 e. The molecule has 134 valence electrons. The molecule has 2 rings (SSSR count). The monoisotopic (exact) mass is 463 g/mol. The summed E-state index contributed by atoms with van der Waals surface area (Å²) >= 11 is 1.68. The summed E-state index contributed by atoms with van der Waals surface area (Å²) in [5, 5.41) is 7.59. The van der Waals surface area contributed by atoms with Crippen LogP contribution in [0.5, 0.6) is 0 Å². The molecule has 0 radical (unpaired) electrons. The normalized spacial score (nSPS) is 12.0. The fourth-order valence-corrected chi connectivity index (χ4v) is 2.61. The second kappa shape index (κ2) is 9.36. The zero-order valence-corrected chi connectivity index (χ0v) is 18.0. The average molecular weight is 463 g/mol. The van der Waals surface area contributed by atoms with E-state index in [0.29, 0.717) is 19.0 Å². The molecule has 0 saturated carbocycles. The summed E-state index contributed by atoms with van der Waals surface area (Å²) in [5.74, 6) is 2.25. The van der Waals surface area contributed by atoms with Crippen molar-refractivity contribution in [2.45, 2.75) is 53.1 Å². The van der Waals surface area contributed by atoms with Crippen molar-refractivity contribution in [2.24, 2.45) is 4.99 Å². The molecule has 2 aromatic heterocycles. The second-order valence-electron chi connectivity index (χ2n) is 6.26. The smallest absolute Gasteiger partial charge is 0.216 e. The van der Waals surface area contributed by atoms with E-state index in [0.717, 1.165) is 23.3 Å². The zero-order chi connectivity index (χ0) is 16.9. The standard InChI is InChI=1S/C16H25N5OS.HI/c1-6-17-15(20-8-12-7-18-11(2)23-12)21-10-14-19-9-13(22-14)16(3,4)5;/h7,9H,6,8,10H2,1-5H3,(H2,17,20,21);1H. The van der Waals surface area contributed by atoms with Gasteiger partial charge in [-0.25, -0.2) is 15.0 Å². The Labute approximate surface area is 164 Å². The Morgan fingerprint density at radius 1 is 1.25 bits per heavy atom. The van der Waals surface area contributed by atoms with Crippen LogP contribution in [0.15, 0.2) is 21.8 Å². The Morgan fingerprint density at radius 3 is 2.54 bits per heavy atom. The molecule has 0 aliphatic heterocycles. The first-order valence-corrected chi connectivity index (χ1v) is 8.59. The highest BCUT2D eigenvalue weighted by Crippen LogP contribution is 2.22. The highest BCUT2D eigenvalue weighted by atomic mass is 127. The Hall–Kier alpha value is -1.16. The van der Waals surface area contributed by atoms with Crippen LogP contribution in [0.25, 0.3) is 0 Å². The van der Waals surface area contributed by atoms with Gasteiger partial charge in [-0.3, -0.25) is 0 Å². The van der Waals surface area contributed by atoms with E-state index in [1.807, 2.05) is 20.0 Å². The molecule has 0 saturated heterocycles. The van der Waals surface area contributed by atoms with Gasteiger partial charge in [0.1, 0.15) is 12.3 Å². The van der Waals surface area contributed by atoms with Gasteiger partial charge in [0.05, 0.1) is 17.7 Å². The molecule has 0 unspecified atom stereocenters. The number of rotatable bonds is 5. The third kappa shape index (κ3) is 6.39. The molecule has 2 heterocycles. The largest absolute Gasteiger partial charge is 0.443 e. The Morgan fingerprint density at radius 2 is 2.00 bits per heavy atom. The maximum absolute atomic E-state index is 5.76. The van der Waals surface area contributed by atoms with Crippen LogP contribution in [0.4, 0.5) is 0 Å². The van der Waals surface area contributed by atoms with Crippen LogP contribution in [0.2, 0.25) is 0 Å². The van der Waals surface area contributed by atoms with Crippen molar-refractivity contribution in [2.75, 3.05) is 6.54 Å². The molecule has 2 N–H and O–H groups in total. The number of thiazole rings is 1. The Kier molecular flexibility index (Phi) is 8.14. The molecule has 0 fully saturated rings. The molecular weight excluding hydrogens is 437 g/mol. The lowest BCUT2D eigenvalue weighted by Crippen LogP contribution is -2.36. The lowest BCUT2D eigenvalue weighted by Gasteiger charge is -2.13. The quantitative estimate of drug-likeness (QED) is 0.403. The molecule has 2 aromatic rings. The molecule has 0 spiro atoms. The van der Waals surface area contributed by atoms with E-state index in [4.69, 9.17) is 4.42 Å². The van der Waals surface area contributed by atoms with E-state index >= 15 is 0 Å². The molecule has 6 nitrogen and oxygen atoms in total. The van der Waals surface area contributed by atoms with Gasteiger partial charge >= 0.3 is 0 Å². The molecular formula is C16H26IN5OS. The van der Waals surface area contributed by atoms with Crippen molar-refractivity contribution in [3.05, 3.63) is 33.9 Å². The highest BCUT2D eigenvalue weighted by Gasteiger charge is 2.19. The van der Waals surface area contributed by atoms with Gasteiger partial charge < -0.3 is 15.1 Å². The Balaban J connectivity index is 0.00000288. The third-order valence-corrected chi connectivity index (χ3v) is 4.02. The minimum absolute atomic E-state index is 0. The van der Waals surface area contributed by atoms with Gasteiger partial charge in [0, 0.05) is 23.0 Å². The van der Waals surface area contributed by atoms with Crippen molar-refractivity contribution in [3.63, 3.8) is 0 Å². The van der Waals surface area contributed by atoms with E-state index in [2.05, 4.69) is 46.4 Å². The average Bonchev–Trinajstić information content (AvgIpc) is 3.10. The summed E-state index contributed by atoms with van der Waals surface area (Å²) in [7, 11) is 0. The molecule has 0 aliphatic carbocycles. The number of guanidine groups is 1. The van der Waals surface area contributed by atoms with Crippen LogP contribution in [0.3, 0.4) is 0 Å². The summed E-state index contributed by atoms with van der Waals surface area (Å²) < 4.78 is 5.76. The number of hydrogen-bond donors (Lipinski definition) is 2. The van der Waals surface area contributed by atoms with Crippen LogP contribution in [-0.4, -0.2) is 22.5 Å². The number of oxazole rings is 1. The summed E-state index contributed by atoms with van der Waals surface area (Å²) in [4.78, 5) is 14.3. The summed E-state index contributed by atoms with van der Waals surface area (Å²) in [6.45, 7) is 12.3. The Bertz CT molecular complexity index is 659. The number of halogens is 1. The number of aliphatic imine (C=N–C) groups is 1. The van der Waals surface area contributed by atoms with Crippen LogP contribution < -0.4 is 10.6 Å². The third-order valence-electron chi connectivity index (χ3n) is 3.11. The molecule has 0 bridgehead atoms. The van der Waals surface area contributed by atoms with Gasteiger partial charge in [0.15, 0.2) is 5.96 Å². The van der Waals surface area contributed by atoms with Gasteiger partial charge in [-0.15, -0.1) is 35.3 Å². The number of hydrogen-bond acceptors (Lipinski definition) is 5. The number of aryl methyl sites for hydroxylation is 1. The number of nitrogens with one attached hydrogen (secondary N) is 2. The first-order chi connectivity index (χ1) is 10.9. The summed E-state index contributed by atoms with van der Waals surface area (Å²) in [6, 6.07) is 0. The predicted molar refractivity (Wildman–Crippen MR) is 109 cm³/mol. The van der Waals surface area contributed by atoms with E-state index in [9.17, 15) is 0 Å². The van der Waals surface area contributed by atoms with E-state index in [-0.39, 0.29) is 29.4 Å². The maximum atomic E-state index is 5.76. The van der Waals surface area contributed by atoms with Crippen LogP contribution in [0.1, 0.15) is 49.2 Å². The molecule has 8 heteroatoms. The van der Waals surface area contributed by atoms with Crippen molar-refractivity contribution in [1.29, 1.82) is 0 Å². The van der Waals surface area contributed by atoms with Gasteiger partial charge in [-0.1, -0.05) is 20.8 Å². The van der Waals surface area contributed by atoms with E-state index in [1.165, 1.54) is 4.88 Å². The van der Waals surface area contributed by atoms with Gasteiger partial charge in [-0.05, 0) is 13.8 Å². The summed E-state index contributed by atoms with van der Waals surface area (Å²) in [5.41, 5.74) is -0.0399. The fraction of sp³-hybridized carbons (Fsp3) is 0.562. The van der Waals surface area contributed by atoms with Crippen molar-refractivity contribution in [1.82, 2.24) is 20.6 Å². The highest BCUT2D eigenvalue weighted by molar-refractivity contribution is 14.0. The zero-order valence-electron chi connectivity index (χ0n) is 14.8.